The number of rotatable bonds is 5. The molecule has 0 saturated heterocycles. The summed E-state index contributed by atoms with van der Waals surface area (Å²) in [6, 6.07) is 1.87. The SMILES string of the molecule is Cc1oncc1C(=O)NCCn1cc(-c2ccoc2)cn1. The van der Waals surface area contributed by atoms with Crippen LogP contribution in [0.5, 0.6) is 0 Å². The van der Waals surface area contributed by atoms with Crippen molar-refractivity contribution in [2.45, 2.75) is 13.5 Å². The first kappa shape index (κ1) is 13.2. The summed E-state index contributed by atoms with van der Waals surface area (Å²) in [5.74, 6) is 0.310. The molecule has 7 nitrogen and oxygen atoms in total. The Morgan fingerprint density at radius 1 is 1.38 bits per heavy atom. The topological polar surface area (TPSA) is 86.1 Å². The van der Waals surface area contributed by atoms with Crippen molar-refractivity contribution in [3.63, 3.8) is 0 Å². The van der Waals surface area contributed by atoms with Crippen LogP contribution in [0.25, 0.3) is 11.1 Å². The van der Waals surface area contributed by atoms with E-state index in [0.717, 1.165) is 11.1 Å². The van der Waals surface area contributed by atoms with Gasteiger partial charge in [-0.25, -0.2) is 0 Å². The van der Waals surface area contributed by atoms with Crippen molar-refractivity contribution in [2.24, 2.45) is 0 Å². The highest BCUT2D eigenvalue weighted by molar-refractivity contribution is 5.94. The molecule has 0 bridgehead atoms. The number of carbonyl (C=O) groups is 1. The standard InChI is InChI=1S/C14H14N4O3/c1-10-13(7-17-21-10)14(19)15-3-4-18-8-12(6-16-18)11-2-5-20-9-11/h2,5-9H,3-4H2,1H3,(H,15,19). The van der Waals surface area contributed by atoms with E-state index in [1.54, 1.807) is 30.3 Å². The van der Waals surface area contributed by atoms with Gasteiger partial charge in [-0.3, -0.25) is 9.48 Å². The first-order chi connectivity index (χ1) is 10.2. The molecule has 1 amide bonds. The summed E-state index contributed by atoms with van der Waals surface area (Å²) in [5.41, 5.74) is 2.41. The molecule has 3 aromatic heterocycles. The molecule has 0 spiro atoms. The van der Waals surface area contributed by atoms with E-state index in [2.05, 4.69) is 15.6 Å². The minimum Gasteiger partial charge on any atom is -0.472 e. The van der Waals surface area contributed by atoms with Gasteiger partial charge in [-0.1, -0.05) is 5.16 Å². The molecule has 7 heteroatoms. The predicted molar refractivity (Wildman–Crippen MR) is 73.5 cm³/mol. The van der Waals surface area contributed by atoms with Crippen molar-refractivity contribution < 1.29 is 13.7 Å². The molecule has 3 rings (SSSR count). The van der Waals surface area contributed by atoms with E-state index in [-0.39, 0.29) is 5.91 Å². The fourth-order valence-corrected chi connectivity index (χ4v) is 1.96. The average Bonchev–Trinajstić information content (AvgIpc) is 3.19. The fourth-order valence-electron chi connectivity index (χ4n) is 1.96. The van der Waals surface area contributed by atoms with Crippen LogP contribution in [-0.4, -0.2) is 27.4 Å². The first-order valence-corrected chi connectivity index (χ1v) is 6.48. The third kappa shape index (κ3) is 2.86. The lowest BCUT2D eigenvalue weighted by atomic mass is 10.2. The maximum atomic E-state index is 11.9. The fraction of sp³-hybridized carbons (Fsp3) is 0.214. The Hall–Kier alpha value is -2.83. The lowest BCUT2D eigenvalue weighted by Crippen LogP contribution is -2.27. The molecule has 0 aliphatic carbocycles. The second kappa shape index (κ2) is 5.66. The normalized spacial score (nSPS) is 10.7. The molecule has 3 heterocycles. The van der Waals surface area contributed by atoms with E-state index in [0.29, 0.717) is 24.4 Å². The van der Waals surface area contributed by atoms with E-state index >= 15 is 0 Å². The van der Waals surface area contributed by atoms with Crippen LogP contribution in [0, 0.1) is 6.92 Å². The van der Waals surface area contributed by atoms with Gasteiger partial charge in [-0.05, 0) is 13.0 Å². The molecule has 0 saturated carbocycles. The van der Waals surface area contributed by atoms with Crippen molar-refractivity contribution in [3.05, 3.63) is 48.5 Å². The number of furan rings is 1. The van der Waals surface area contributed by atoms with Crippen molar-refractivity contribution >= 4 is 5.91 Å². The zero-order valence-electron chi connectivity index (χ0n) is 11.4. The largest absolute Gasteiger partial charge is 0.472 e. The van der Waals surface area contributed by atoms with E-state index in [1.807, 2.05) is 12.3 Å². The van der Waals surface area contributed by atoms with Crippen LogP contribution >= 0.6 is 0 Å². The molecule has 0 fully saturated rings. The molecular weight excluding hydrogens is 272 g/mol. The van der Waals surface area contributed by atoms with Gasteiger partial charge >= 0.3 is 0 Å². The summed E-state index contributed by atoms with van der Waals surface area (Å²) in [5, 5.41) is 10.6. The molecule has 21 heavy (non-hydrogen) atoms. The third-order valence-corrected chi connectivity index (χ3v) is 3.11. The van der Waals surface area contributed by atoms with E-state index in [4.69, 9.17) is 8.94 Å². The number of nitrogens with one attached hydrogen (secondary N) is 1. The van der Waals surface area contributed by atoms with E-state index in [1.165, 1.54) is 6.20 Å². The highest BCUT2D eigenvalue weighted by atomic mass is 16.5. The van der Waals surface area contributed by atoms with Crippen LogP contribution in [0.15, 0.2) is 46.1 Å². The summed E-state index contributed by atoms with van der Waals surface area (Å²) in [4.78, 5) is 11.9. The van der Waals surface area contributed by atoms with Crippen LogP contribution in [0.1, 0.15) is 16.1 Å². The molecule has 0 aromatic carbocycles. The number of aryl methyl sites for hydroxylation is 1. The van der Waals surface area contributed by atoms with Gasteiger partial charge in [0.15, 0.2) is 0 Å². The van der Waals surface area contributed by atoms with Gasteiger partial charge < -0.3 is 14.3 Å². The molecule has 0 aliphatic rings. The number of hydrogen-bond acceptors (Lipinski definition) is 5. The van der Waals surface area contributed by atoms with Gasteiger partial charge in [-0.2, -0.15) is 5.10 Å². The molecule has 0 atom stereocenters. The quantitative estimate of drug-likeness (QED) is 0.773. The zero-order chi connectivity index (χ0) is 14.7. The highest BCUT2D eigenvalue weighted by Gasteiger charge is 2.12. The van der Waals surface area contributed by atoms with Gasteiger partial charge in [-0.15, -0.1) is 0 Å². The summed E-state index contributed by atoms with van der Waals surface area (Å²) in [7, 11) is 0. The Bertz CT molecular complexity index is 727. The highest BCUT2D eigenvalue weighted by Crippen LogP contribution is 2.18. The minimum atomic E-state index is -0.198. The number of carbonyl (C=O) groups excluding carboxylic acids is 1. The van der Waals surface area contributed by atoms with Gasteiger partial charge in [0.2, 0.25) is 0 Å². The Morgan fingerprint density at radius 2 is 2.29 bits per heavy atom. The van der Waals surface area contributed by atoms with Crippen LogP contribution in [0.2, 0.25) is 0 Å². The molecule has 0 radical (unpaired) electrons. The van der Waals surface area contributed by atoms with Crippen molar-refractivity contribution in [1.29, 1.82) is 0 Å². The van der Waals surface area contributed by atoms with Crippen LogP contribution in [0.3, 0.4) is 0 Å². The Morgan fingerprint density at radius 3 is 3.00 bits per heavy atom. The number of amides is 1. The van der Waals surface area contributed by atoms with Crippen molar-refractivity contribution in [2.75, 3.05) is 6.54 Å². The maximum Gasteiger partial charge on any atom is 0.256 e. The van der Waals surface area contributed by atoms with E-state index < -0.39 is 0 Å². The second-order valence-corrected chi connectivity index (χ2v) is 4.56. The summed E-state index contributed by atoms with van der Waals surface area (Å²) in [6.45, 7) is 2.75. The Balaban J connectivity index is 1.54. The van der Waals surface area contributed by atoms with Crippen molar-refractivity contribution in [3.8, 4) is 11.1 Å². The van der Waals surface area contributed by atoms with Crippen LogP contribution in [0.4, 0.5) is 0 Å². The molecule has 0 aliphatic heterocycles. The summed E-state index contributed by atoms with van der Waals surface area (Å²) >= 11 is 0. The van der Waals surface area contributed by atoms with Crippen molar-refractivity contribution in [1.82, 2.24) is 20.3 Å². The minimum absolute atomic E-state index is 0.198. The second-order valence-electron chi connectivity index (χ2n) is 4.56. The van der Waals surface area contributed by atoms with Crippen LogP contribution < -0.4 is 5.32 Å². The van der Waals surface area contributed by atoms with Gasteiger partial charge in [0.25, 0.3) is 5.91 Å². The molecule has 1 N–H and O–H groups in total. The molecule has 108 valence electrons. The van der Waals surface area contributed by atoms with Crippen LogP contribution in [-0.2, 0) is 6.54 Å². The molecule has 0 unspecified atom stereocenters. The maximum absolute atomic E-state index is 11.9. The van der Waals surface area contributed by atoms with E-state index in [9.17, 15) is 4.79 Å². The molecular formula is C14H14N4O3. The predicted octanol–water partition coefficient (Wildman–Crippen LogP) is 1.87. The number of nitrogens with zero attached hydrogens (tertiary/aromatic N) is 3. The summed E-state index contributed by atoms with van der Waals surface area (Å²) in [6.07, 6.45) is 8.36. The number of aromatic nitrogens is 3. The first-order valence-electron chi connectivity index (χ1n) is 6.48. The lowest BCUT2D eigenvalue weighted by molar-refractivity contribution is 0.0950. The zero-order valence-corrected chi connectivity index (χ0v) is 11.4. The van der Waals surface area contributed by atoms with Gasteiger partial charge in [0.05, 0.1) is 31.5 Å². The van der Waals surface area contributed by atoms with Gasteiger partial charge in [0, 0.05) is 23.9 Å². The molecule has 3 aromatic rings. The third-order valence-electron chi connectivity index (χ3n) is 3.11. The van der Waals surface area contributed by atoms with Gasteiger partial charge in [0.1, 0.15) is 11.3 Å². The monoisotopic (exact) mass is 286 g/mol. The Labute approximate surface area is 120 Å². The smallest absolute Gasteiger partial charge is 0.256 e. The average molecular weight is 286 g/mol. The number of hydrogen-bond donors (Lipinski definition) is 1. The summed E-state index contributed by atoms with van der Waals surface area (Å²) < 4.78 is 11.7. The Kier molecular flexibility index (Phi) is 3.55. The lowest BCUT2D eigenvalue weighted by Gasteiger charge is -2.04.